The van der Waals surface area contributed by atoms with Gasteiger partial charge >= 0.3 is 6.09 Å². The summed E-state index contributed by atoms with van der Waals surface area (Å²) in [6, 6.07) is 9.01. The molecule has 2 heterocycles. The van der Waals surface area contributed by atoms with Crippen molar-refractivity contribution in [3.63, 3.8) is 0 Å². The summed E-state index contributed by atoms with van der Waals surface area (Å²) in [6.07, 6.45) is 2.00. The van der Waals surface area contributed by atoms with Crippen molar-refractivity contribution in [1.82, 2.24) is 15.1 Å². The third kappa shape index (κ3) is 4.98. The van der Waals surface area contributed by atoms with Gasteiger partial charge in [-0.25, -0.2) is 4.79 Å². The third-order valence-electron chi connectivity index (χ3n) is 5.88. The number of carbonyl (C=O) groups excluding carboxylic acids is 1. The normalized spacial score (nSPS) is 22.3. The molecule has 7 heteroatoms. The van der Waals surface area contributed by atoms with Crippen LogP contribution >= 0.6 is 24.0 Å². The van der Waals surface area contributed by atoms with Gasteiger partial charge in [0.2, 0.25) is 0 Å². The molecule has 3 aliphatic rings. The van der Waals surface area contributed by atoms with Crippen molar-refractivity contribution in [2.75, 3.05) is 32.7 Å². The summed E-state index contributed by atoms with van der Waals surface area (Å²) in [6.45, 7) is 11.9. The largest absolute Gasteiger partial charge is 0.444 e. The Balaban J connectivity index is 0.00000240. The first-order valence-corrected chi connectivity index (χ1v) is 10.3. The van der Waals surface area contributed by atoms with E-state index in [1.54, 1.807) is 0 Å². The average Bonchev–Trinajstić information content (AvgIpc) is 3.18. The Morgan fingerprint density at radius 1 is 1.24 bits per heavy atom. The fraction of sp³-hybridized carbons (Fsp3) is 0.636. The molecule has 160 valence electrons. The lowest BCUT2D eigenvalue weighted by atomic mass is 9.87. The molecule has 0 saturated carbocycles. The summed E-state index contributed by atoms with van der Waals surface area (Å²) in [4.78, 5) is 21.3. The van der Waals surface area contributed by atoms with Crippen LogP contribution in [0.3, 0.4) is 0 Å². The van der Waals surface area contributed by atoms with Crippen molar-refractivity contribution in [2.24, 2.45) is 10.4 Å². The molecule has 0 spiro atoms. The van der Waals surface area contributed by atoms with E-state index in [-0.39, 0.29) is 41.5 Å². The van der Waals surface area contributed by atoms with Gasteiger partial charge in [0.25, 0.3) is 0 Å². The lowest BCUT2D eigenvalue weighted by Gasteiger charge is -2.39. The van der Waals surface area contributed by atoms with Crippen LogP contribution in [-0.2, 0) is 17.6 Å². The zero-order chi connectivity index (χ0) is 19.9. The molecule has 1 aromatic rings. The smallest absolute Gasteiger partial charge is 0.410 e. The number of rotatable bonds is 2. The number of hydrogen-bond donors (Lipinski definition) is 1. The van der Waals surface area contributed by atoms with Crippen LogP contribution in [0.4, 0.5) is 4.79 Å². The zero-order valence-electron chi connectivity index (χ0n) is 17.9. The van der Waals surface area contributed by atoms with Gasteiger partial charge in [-0.2, -0.15) is 0 Å². The molecule has 1 unspecified atom stereocenters. The van der Waals surface area contributed by atoms with E-state index >= 15 is 0 Å². The number of benzene rings is 1. The molecule has 29 heavy (non-hydrogen) atoms. The first-order chi connectivity index (χ1) is 13.2. The van der Waals surface area contributed by atoms with Crippen molar-refractivity contribution < 1.29 is 9.53 Å². The number of carbonyl (C=O) groups is 1. The molecule has 1 atom stereocenters. The number of hydrogen-bond acceptors (Lipinski definition) is 5. The lowest BCUT2D eigenvalue weighted by molar-refractivity contribution is 0.0137. The van der Waals surface area contributed by atoms with Gasteiger partial charge in [-0.3, -0.25) is 4.99 Å². The maximum absolute atomic E-state index is 12.4. The fourth-order valence-corrected chi connectivity index (χ4v) is 4.52. The van der Waals surface area contributed by atoms with Crippen LogP contribution in [-0.4, -0.2) is 66.2 Å². The molecular weight excluding hydrogens is 479 g/mol. The van der Waals surface area contributed by atoms with Crippen LogP contribution < -0.4 is 5.32 Å². The predicted octanol–water partition coefficient (Wildman–Crippen LogP) is 3.29. The van der Waals surface area contributed by atoms with Gasteiger partial charge in [0, 0.05) is 26.2 Å². The molecule has 0 bridgehead atoms. The molecule has 2 aliphatic heterocycles. The first-order valence-electron chi connectivity index (χ1n) is 10.3. The molecule has 6 nitrogen and oxygen atoms in total. The van der Waals surface area contributed by atoms with Crippen LogP contribution in [0.25, 0.3) is 0 Å². The first kappa shape index (κ1) is 22.2. The predicted molar refractivity (Wildman–Crippen MR) is 126 cm³/mol. The van der Waals surface area contributed by atoms with Crippen molar-refractivity contribution >= 4 is 36.0 Å². The number of ether oxygens (including phenoxy) is 1. The van der Waals surface area contributed by atoms with Gasteiger partial charge in [-0.05, 0) is 50.2 Å². The zero-order valence-corrected chi connectivity index (χ0v) is 20.2. The number of nitrogens with one attached hydrogen (secondary N) is 1. The Bertz CT molecular complexity index is 764. The molecule has 1 amide bonds. The SMILES string of the molecule is CC1(CNC2=NCC3CN(C(=O)OC(C)(C)C)CCN23)Cc2ccccc2C1.I. The van der Waals surface area contributed by atoms with E-state index in [4.69, 9.17) is 9.73 Å². The quantitative estimate of drug-likeness (QED) is 0.619. The van der Waals surface area contributed by atoms with Crippen LogP contribution in [0.5, 0.6) is 0 Å². The monoisotopic (exact) mass is 512 g/mol. The van der Waals surface area contributed by atoms with Gasteiger partial charge in [0.1, 0.15) is 5.60 Å². The highest BCUT2D eigenvalue weighted by atomic mass is 127. The number of aliphatic imine (C=N–C) groups is 1. The molecule has 1 N–H and O–H groups in total. The Labute approximate surface area is 191 Å². The second kappa shape index (κ2) is 8.32. The van der Waals surface area contributed by atoms with E-state index in [2.05, 4.69) is 41.4 Å². The number of piperazine rings is 1. The van der Waals surface area contributed by atoms with Crippen molar-refractivity contribution in [3.05, 3.63) is 35.4 Å². The summed E-state index contributed by atoms with van der Waals surface area (Å²) < 4.78 is 5.53. The van der Waals surface area contributed by atoms with E-state index in [0.29, 0.717) is 13.1 Å². The Hall–Kier alpha value is -1.51. The lowest BCUT2D eigenvalue weighted by Crippen LogP contribution is -2.58. The fourth-order valence-electron chi connectivity index (χ4n) is 4.52. The van der Waals surface area contributed by atoms with Gasteiger partial charge in [-0.1, -0.05) is 31.2 Å². The summed E-state index contributed by atoms with van der Waals surface area (Å²) >= 11 is 0. The third-order valence-corrected chi connectivity index (χ3v) is 5.88. The second-order valence-electron chi connectivity index (χ2n) is 9.72. The Morgan fingerprint density at radius 3 is 2.52 bits per heavy atom. The van der Waals surface area contributed by atoms with Crippen LogP contribution in [0.15, 0.2) is 29.3 Å². The molecule has 0 radical (unpaired) electrons. The van der Waals surface area contributed by atoms with Crippen molar-refractivity contribution in [2.45, 2.75) is 52.2 Å². The van der Waals surface area contributed by atoms with Gasteiger partial charge in [-0.15, -0.1) is 24.0 Å². The standard InChI is InChI=1S/C22H32N4O2.HI/c1-21(2,3)28-20(27)25-9-10-26-18(14-25)13-23-19(26)24-15-22(4)11-16-7-5-6-8-17(16)12-22;/h5-8,18H,9-15H2,1-4H3,(H,23,24);1H. The highest BCUT2D eigenvalue weighted by molar-refractivity contribution is 14.0. The molecule has 1 aliphatic carbocycles. The van der Waals surface area contributed by atoms with Crippen LogP contribution in [0, 0.1) is 5.41 Å². The summed E-state index contributed by atoms with van der Waals surface area (Å²) in [5.74, 6) is 0.992. The van der Waals surface area contributed by atoms with Crippen LogP contribution in [0.2, 0.25) is 0 Å². The molecule has 0 aromatic heterocycles. The topological polar surface area (TPSA) is 57.2 Å². The Kier molecular flexibility index (Phi) is 6.36. The molecular formula is C22H33IN4O2. The average molecular weight is 512 g/mol. The van der Waals surface area contributed by atoms with E-state index in [0.717, 1.165) is 38.4 Å². The molecule has 1 saturated heterocycles. The number of fused-ring (bicyclic) bond motifs is 2. The minimum Gasteiger partial charge on any atom is -0.444 e. The number of guanidine groups is 1. The number of amides is 1. The molecule has 1 aromatic carbocycles. The number of halogens is 1. The van der Waals surface area contributed by atoms with Gasteiger partial charge in [0.05, 0.1) is 12.6 Å². The van der Waals surface area contributed by atoms with E-state index in [1.165, 1.54) is 11.1 Å². The highest BCUT2D eigenvalue weighted by Crippen LogP contribution is 2.36. The summed E-state index contributed by atoms with van der Waals surface area (Å²) in [7, 11) is 0. The van der Waals surface area contributed by atoms with E-state index in [1.807, 2.05) is 25.7 Å². The maximum Gasteiger partial charge on any atom is 0.410 e. The van der Waals surface area contributed by atoms with Gasteiger partial charge < -0.3 is 19.9 Å². The highest BCUT2D eigenvalue weighted by Gasteiger charge is 2.38. The molecule has 4 rings (SSSR count). The maximum atomic E-state index is 12.4. The van der Waals surface area contributed by atoms with Gasteiger partial charge in [0.15, 0.2) is 5.96 Å². The second-order valence-corrected chi connectivity index (χ2v) is 9.72. The summed E-state index contributed by atoms with van der Waals surface area (Å²) in [5, 5.41) is 3.62. The number of nitrogens with zero attached hydrogens (tertiary/aromatic N) is 3. The molecule has 1 fully saturated rings. The van der Waals surface area contributed by atoms with Crippen molar-refractivity contribution in [1.29, 1.82) is 0 Å². The van der Waals surface area contributed by atoms with E-state index in [9.17, 15) is 4.79 Å². The van der Waals surface area contributed by atoms with E-state index < -0.39 is 5.60 Å². The van der Waals surface area contributed by atoms with Crippen LogP contribution in [0.1, 0.15) is 38.8 Å². The summed E-state index contributed by atoms with van der Waals surface area (Å²) in [5.41, 5.74) is 2.72. The minimum atomic E-state index is -0.457. The van der Waals surface area contributed by atoms with Crippen molar-refractivity contribution in [3.8, 4) is 0 Å². The Morgan fingerprint density at radius 2 is 1.90 bits per heavy atom. The minimum absolute atomic E-state index is 0.